The van der Waals surface area contributed by atoms with E-state index in [0.717, 1.165) is 32.2 Å². The fourth-order valence-corrected chi connectivity index (χ4v) is 3.24. The van der Waals surface area contributed by atoms with E-state index in [1.54, 1.807) is 0 Å². The lowest BCUT2D eigenvalue weighted by atomic mass is 9.98. The molecule has 1 aromatic carbocycles. The first-order valence-electron chi connectivity index (χ1n) is 8.26. The van der Waals surface area contributed by atoms with Gasteiger partial charge in [-0.15, -0.1) is 12.4 Å². The minimum Gasteiger partial charge on any atom is -0.334 e. The van der Waals surface area contributed by atoms with Crippen molar-refractivity contribution in [2.24, 2.45) is 5.73 Å². The van der Waals surface area contributed by atoms with E-state index >= 15 is 0 Å². The van der Waals surface area contributed by atoms with Gasteiger partial charge in [-0.1, -0.05) is 56.0 Å². The zero-order valence-corrected chi connectivity index (χ0v) is 14.6. The van der Waals surface area contributed by atoms with Crippen LogP contribution in [0.25, 0.3) is 0 Å². The predicted octanol–water partition coefficient (Wildman–Crippen LogP) is 3.99. The van der Waals surface area contributed by atoms with Crippen molar-refractivity contribution in [2.45, 2.75) is 64.5 Å². The van der Waals surface area contributed by atoms with Crippen LogP contribution in [-0.4, -0.2) is 23.4 Å². The van der Waals surface area contributed by atoms with Gasteiger partial charge in [0.1, 0.15) is 0 Å². The van der Waals surface area contributed by atoms with Crippen LogP contribution in [0.15, 0.2) is 24.3 Å². The Labute approximate surface area is 140 Å². The Morgan fingerprint density at radius 1 is 1.36 bits per heavy atom. The summed E-state index contributed by atoms with van der Waals surface area (Å²) in [4.78, 5) is 14.8. The molecular weight excluding hydrogens is 296 g/mol. The highest BCUT2D eigenvalue weighted by Gasteiger charge is 2.29. The molecule has 0 aliphatic carbocycles. The first-order valence-corrected chi connectivity index (χ1v) is 8.26. The molecule has 2 rings (SSSR count). The first-order chi connectivity index (χ1) is 10.1. The molecule has 1 heterocycles. The van der Waals surface area contributed by atoms with Crippen molar-refractivity contribution in [1.82, 2.24) is 4.90 Å². The van der Waals surface area contributed by atoms with Crippen molar-refractivity contribution in [3.05, 3.63) is 35.4 Å². The molecule has 1 amide bonds. The Kier molecular flexibility index (Phi) is 7.91. The number of hydrogen-bond acceptors (Lipinski definition) is 2. The Bertz CT molecular complexity index is 478. The van der Waals surface area contributed by atoms with Crippen molar-refractivity contribution in [1.29, 1.82) is 0 Å². The molecule has 0 aromatic heterocycles. The molecule has 2 N–H and O–H groups in total. The highest BCUT2D eigenvalue weighted by molar-refractivity contribution is 5.85. The van der Waals surface area contributed by atoms with Crippen LogP contribution in [-0.2, 0) is 4.79 Å². The number of halogens is 1. The van der Waals surface area contributed by atoms with Crippen LogP contribution in [0.4, 0.5) is 0 Å². The van der Waals surface area contributed by atoms with E-state index < -0.39 is 0 Å². The smallest absolute Gasteiger partial charge is 0.239 e. The molecule has 22 heavy (non-hydrogen) atoms. The lowest BCUT2D eigenvalue weighted by Crippen LogP contribution is -2.45. The Balaban J connectivity index is 0.00000242. The third-order valence-corrected chi connectivity index (χ3v) is 4.38. The number of likely N-dealkylation sites (tertiary alicyclic amines) is 1. The quantitative estimate of drug-likeness (QED) is 0.910. The minimum atomic E-state index is -0.347. The molecule has 2 atom stereocenters. The second kappa shape index (κ2) is 9.16. The third kappa shape index (κ3) is 4.72. The summed E-state index contributed by atoms with van der Waals surface area (Å²) in [6.07, 6.45) is 6.26. The van der Waals surface area contributed by atoms with Gasteiger partial charge in [0.05, 0.1) is 12.1 Å². The van der Waals surface area contributed by atoms with E-state index in [-0.39, 0.29) is 30.4 Å². The number of aryl methyl sites for hydroxylation is 1. The molecule has 4 heteroatoms. The molecule has 1 saturated heterocycles. The normalized spacial score (nSPS) is 20.0. The van der Waals surface area contributed by atoms with E-state index in [1.165, 1.54) is 24.0 Å². The second-order valence-corrected chi connectivity index (χ2v) is 6.21. The third-order valence-electron chi connectivity index (χ3n) is 4.38. The summed E-state index contributed by atoms with van der Waals surface area (Å²) >= 11 is 0. The van der Waals surface area contributed by atoms with Crippen molar-refractivity contribution in [3.8, 4) is 0 Å². The molecule has 1 fully saturated rings. The predicted molar refractivity (Wildman–Crippen MR) is 94.2 cm³/mol. The number of amides is 1. The molecule has 0 bridgehead atoms. The summed E-state index contributed by atoms with van der Waals surface area (Å²) in [6, 6.07) is 8.40. The van der Waals surface area contributed by atoms with Gasteiger partial charge in [0.2, 0.25) is 5.91 Å². The van der Waals surface area contributed by atoms with Gasteiger partial charge in [0, 0.05) is 6.54 Å². The van der Waals surface area contributed by atoms with Crippen LogP contribution in [0.2, 0.25) is 0 Å². The molecule has 0 saturated carbocycles. The number of carbonyl (C=O) groups is 1. The molecule has 2 unspecified atom stereocenters. The van der Waals surface area contributed by atoms with Crippen LogP contribution >= 0.6 is 12.4 Å². The second-order valence-electron chi connectivity index (χ2n) is 6.21. The van der Waals surface area contributed by atoms with Gasteiger partial charge in [-0.2, -0.15) is 0 Å². The summed E-state index contributed by atoms with van der Waals surface area (Å²) in [5, 5.41) is 0. The average Bonchev–Trinajstić information content (AvgIpc) is 2.72. The van der Waals surface area contributed by atoms with Crippen molar-refractivity contribution < 1.29 is 4.79 Å². The van der Waals surface area contributed by atoms with E-state index in [1.807, 2.05) is 4.90 Å². The number of nitrogens with two attached hydrogens (primary N) is 1. The van der Waals surface area contributed by atoms with Crippen LogP contribution in [0.5, 0.6) is 0 Å². The zero-order chi connectivity index (χ0) is 15.2. The van der Waals surface area contributed by atoms with Crippen LogP contribution in [0.1, 0.15) is 62.6 Å². The van der Waals surface area contributed by atoms with Gasteiger partial charge in [-0.25, -0.2) is 0 Å². The number of benzene rings is 1. The molecule has 124 valence electrons. The maximum absolute atomic E-state index is 12.7. The highest BCUT2D eigenvalue weighted by Crippen LogP contribution is 2.31. The van der Waals surface area contributed by atoms with Crippen molar-refractivity contribution in [3.63, 3.8) is 0 Å². The van der Waals surface area contributed by atoms with E-state index in [9.17, 15) is 4.79 Å². The van der Waals surface area contributed by atoms with Crippen LogP contribution in [0.3, 0.4) is 0 Å². The van der Waals surface area contributed by atoms with Gasteiger partial charge >= 0.3 is 0 Å². The summed E-state index contributed by atoms with van der Waals surface area (Å²) < 4.78 is 0. The van der Waals surface area contributed by atoms with Crippen molar-refractivity contribution in [2.75, 3.05) is 6.54 Å². The number of hydrogen-bond donors (Lipinski definition) is 1. The van der Waals surface area contributed by atoms with Crippen LogP contribution in [0, 0.1) is 6.92 Å². The van der Waals surface area contributed by atoms with E-state index in [4.69, 9.17) is 5.73 Å². The summed E-state index contributed by atoms with van der Waals surface area (Å²) in [5.74, 6) is 0.130. The molecule has 0 spiro atoms. The first kappa shape index (κ1) is 19.0. The lowest BCUT2D eigenvalue weighted by Gasteiger charge is -2.32. The number of nitrogens with zero attached hydrogens (tertiary/aromatic N) is 1. The zero-order valence-electron chi connectivity index (χ0n) is 13.8. The minimum absolute atomic E-state index is 0. The number of carbonyl (C=O) groups excluding carboxylic acids is 1. The Hall–Kier alpha value is -1.06. The number of rotatable bonds is 4. The average molecular weight is 325 g/mol. The molecule has 1 aliphatic heterocycles. The van der Waals surface area contributed by atoms with E-state index in [0.29, 0.717) is 0 Å². The molecule has 1 aliphatic rings. The topological polar surface area (TPSA) is 46.3 Å². The van der Waals surface area contributed by atoms with Gasteiger partial charge < -0.3 is 10.6 Å². The molecule has 3 nitrogen and oxygen atoms in total. The molecular formula is C18H29ClN2O. The summed E-state index contributed by atoms with van der Waals surface area (Å²) in [7, 11) is 0. The highest BCUT2D eigenvalue weighted by atomic mass is 35.5. The lowest BCUT2D eigenvalue weighted by molar-refractivity contribution is -0.135. The SMILES string of the molecule is CCCC(N)C(=O)N1CCCCCC1c1cccc(C)c1.Cl. The van der Waals surface area contributed by atoms with Crippen molar-refractivity contribution >= 4 is 18.3 Å². The van der Waals surface area contributed by atoms with Gasteiger partial charge in [-0.3, -0.25) is 4.79 Å². The fourth-order valence-electron chi connectivity index (χ4n) is 3.24. The monoisotopic (exact) mass is 324 g/mol. The van der Waals surface area contributed by atoms with Gasteiger partial charge in [0.15, 0.2) is 0 Å². The standard InChI is InChI=1S/C18H28N2O.ClH/c1-3-8-16(19)18(21)20-12-6-4-5-11-17(20)15-10-7-9-14(2)13-15;/h7,9-10,13,16-17H,3-6,8,11-12,19H2,1-2H3;1H. The van der Waals surface area contributed by atoms with Gasteiger partial charge in [0.25, 0.3) is 0 Å². The largest absolute Gasteiger partial charge is 0.334 e. The maximum atomic E-state index is 12.7. The Morgan fingerprint density at radius 2 is 2.14 bits per heavy atom. The molecule has 1 aromatic rings. The Morgan fingerprint density at radius 3 is 2.82 bits per heavy atom. The summed E-state index contributed by atoms with van der Waals surface area (Å²) in [6.45, 7) is 5.03. The van der Waals surface area contributed by atoms with Gasteiger partial charge in [-0.05, 0) is 31.7 Å². The van der Waals surface area contributed by atoms with Crippen LogP contribution < -0.4 is 5.73 Å². The van der Waals surface area contributed by atoms with E-state index in [2.05, 4.69) is 38.1 Å². The fraction of sp³-hybridized carbons (Fsp3) is 0.611. The summed E-state index contributed by atoms with van der Waals surface area (Å²) in [5.41, 5.74) is 8.60. The molecule has 0 radical (unpaired) electrons. The maximum Gasteiger partial charge on any atom is 0.239 e.